The molecule has 20 heavy (non-hydrogen) atoms. The van der Waals surface area contributed by atoms with Crippen molar-refractivity contribution in [2.75, 3.05) is 14.2 Å². The first-order chi connectivity index (χ1) is 9.58. The van der Waals surface area contributed by atoms with Gasteiger partial charge in [-0.1, -0.05) is 18.7 Å². The van der Waals surface area contributed by atoms with Crippen LogP contribution in [0.5, 0.6) is 5.75 Å². The SMILES string of the molecule is C=C(C(=O)OC)C(=C(C#N)C#N)c1ccc(OC)cc1. The zero-order valence-electron chi connectivity index (χ0n) is 11.1. The molecule has 0 spiro atoms. The van der Waals surface area contributed by atoms with E-state index >= 15 is 0 Å². The molecule has 5 nitrogen and oxygen atoms in total. The van der Waals surface area contributed by atoms with Crippen LogP contribution in [0.1, 0.15) is 5.56 Å². The number of carbonyl (C=O) groups is 1. The first-order valence-electron chi connectivity index (χ1n) is 5.55. The van der Waals surface area contributed by atoms with Gasteiger partial charge in [0, 0.05) is 5.57 Å². The quantitative estimate of drug-likeness (QED) is 0.362. The van der Waals surface area contributed by atoms with Gasteiger partial charge in [0.2, 0.25) is 0 Å². The molecular weight excluding hydrogens is 256 g/mol. The van der Waals surface area contributed by atoms with Crippen LogP contribution < -0.4 is 4.74 Å². The Morgan fingerprint density at radius 1 is 1.15 bits per heavy atom. The highest BCUT2D eigenvalue weighted by Gasteiger charge is 2.19. The van der Waals surface area contributed by atoms with E-state index in [0.717, 1.165) is 0 Å². The second-order valence-electron chi connectivity index (χ2n) is 3.67. The maximum atomic E-state index is 11.6. The Labute approximate surface area is 117 Å². The predicted molar refractivity (Wildman–Crippen MR) is 72.3 cm³/mol. The molecule has 0 aliphatic rings. The summed E-state index contributed by atoms with van der Waals surface area (Å²) in [6, 6.07) is 10.1. The molecule has 100 valence electrons. The zero-order valence-corrected chi connectivity index (χ0v) is 11.1. The number of hydrogen-bond donors (Lipinski definition) is 0. The van der Waals surface area contributed by atoms with Crippen LogP contribution in [-0.2, 0) is 9.53 Å². The number of carbonyl (C=O) groups excluding carboxylic acids is 1. The summed E-state index contributed by atoms with van der Waals surface area (Å²) in [6.45, 7) is 3.60. The monoisotopic (exact) mass is 268 g/mol. The van der Waals surface area contributed by atoms with E-state index < -0.39 is 5.97 Å². The number of esters is 1. The summed E-state index contributed by atoms with van der Waals surface area (Å²) < 4.78 is 9.61. The van der Waals surface area contributed by atoms with Gasteiger partial charge in [-0.15, -0.1) is 0 Å². The van der Waals surface area contributed by atoms with E-state index in [1.807, 2.05) is 0 Å². The normalized spacial score (nSPS) is 8.80. The zero-order chi connectivity index (χ0) is 15.1. The first-order valence-corrected chi connectivity index (χ1v) is 5.55. The van der Waals surface area contributed by atoms with E-state index in [4.69, 9.17) is 15.3 Å². The summed E-state index contributed by atoms with van der Waals surface area (Å²) in [5.74, 6) is -0.0777. The van der Waals surface area contributed by atoms with Gasteiger partial charge >= 0.3 is 5.97 Å². The average Bonchev–Trinajstić information content (AvgIpc) is 2.51. The molecule has 0 aliphatic carbocycles. The van der Waals surface area contributed by atoms with Gasteiger partial charge in [-0.25, -0.2) is 4.79 Å². The molecule has 0 aromatic heterocycles. The van der Waals surface area contributed by atoms with Gasteiger partial charge in [-0.05, 0) is 17.7 Å². The lowest BCUT2D eigenvalue weighted by Gasteiger charge is -2.10. The standard InChI is InChI=1S/C15H12N2O3/c1-10(15(18)20-3)14(12(8-16)9-17)11-4-6-13(19-2)7-5-11/h4-7H,1H2,2-3H3. The molecule has 5 heteroatoms. The van der Waals surface area contributed by atoms with E-state index in [-0.39, 0.29) is 16.7 Å². The van der Waals surface area contributed by atoms with Crippen LogP contribution in [0.15, 0.2) is 42.0 Å². The average molecular weight is 268 g/mol. The number of rotatable bonds is 4. The predicted octanol–water partition coefficient (Wildman–Crippen LogP) is 2.23. The van der Waals surface area contributed by atoms with Crippen molar-refractivity contribution in [2.24, 2.45) is 0 Å². The second-order valence-corrected chi connectivity index (χ2v) is 3.67. The van der Waals surface area contributed by atoms with Crippen molar-refractivity contribution in [1.29, 1.82) is 10.5 Å². The lowest BCUT2D eigenvalue weighted by molar-refractivity contribution is -0.135. The molecule has 0 saturated heterocycles. The Kier molecular flexibility index (Phi) is 5.08. The van der Waals surface area contributed by atoms with Crippen LogP contribution in [0.25, 0.3) is 5.57 Å². The summed E-state index contributed by atoms with van der Waals surface area (Å²) in [7, 11) is 2.73. The molecule has 0 amide bonds. The minimum absolute atomic E-state index is 0.0456. The molecule has 0 atom stereocenters. The van der Waals surface area contributed by atoms with E-state index in [2.05, 4.69) is 11.3 Å². The third-order valence-electron chi connectivity index (χ3n) is 2.59. The molecule has 0 heterocycles. The summed E-state index contributed by atoms with van der Waals surface area (Å²) in [5.41, 5.74) is 0.421. The molecule has 0 N–H and O–H groups in total. The fraction of sp³-hybridized carbons (Fsp3) is 0.133. The van der Waals surface area contributed by atoms with Gasteiger partial charge in [-0.2, -0.15) is 10.5 Å². The largest absolute Gasteiger partial charge is 0.497 e. The Hall–Kier alpha value is -3.05. The van der Waals surface area contributed by atoms with Crippen molar-refractivity contribution in [3.63, 3.8) is 0 Å². The van der Waals surface area contributed by atoms with E-state index in [1.165, 1.54) is 14.2 Å². The molecule has 1 aromatic rings. The van der Waals surface area contributed by atoms with E-state index in [1.54, 1.807) is 36.4 Å². The van der Waals surface area contributed by atoms with Crippen LogP contribution in [-0.4, -0.2) is 20.2 Å². The van der Waals surface area contributed by atoms with E-state index in [9.17, 15) is 4.79 Å². The molecule has 0 fully saturated rings. The van der Waals surface area contributed by atoms with Crippen LogP contribution in [0.2, 0.25) is 0 Å². The molecule has 1 aromatic carbocycles. The van der Waals surface area contributed by atoms with Crippen LogP contribution >= 0.6 is 0 Å². The summed E-state index contributed by atoms with van der Waals surface area (Å²) in [4.78, 5) is 11.6. The number of allylic oxidation sites excluding steroid dienone is 1. The van der Waals surface area contributed by atoms with Crippen molar-refractivity contribution in [1.82, 2.24) is 0 Å². The minimum Gasteiger partial charge on any atom is -0.497 e. The van der Waals surface area contributed by atoms with Crippen molar-refractivity contribution >= 4 is 11.5 Å². The third-order valence-corrected chi connectivity index (χ3v) is 2.59. The fourth-order valence-electron chi connectivity index (χ4n) is 1.59. The highest BCUT2D eigenvalue weighted by Crippen LogP contribution is 2.27. The summed E-state index contributed by atoms with van der Waals surface area (Å²) in [5, 5.41) is 18.0. The van der Waals surface area contributed by atoms with Gasteiger partial charge in [0.1, 0.15) is 23.5 Å². The highest BCUT2D eigenvalue weighted by atomic mass is 16.5. The number of hydrogen-bond acceptors (Lipinski definition) is 5. The number of nitriles is 2. The minimum atomic E-state index is -0.696. The lowest BCUT2D eigenvalue weighted by atomic mass is 9.94. The Morgan fingerprint density at radius 3 is 2.10 bits per heavy atom. The third kappa shape index (κ3) is 3.04. The Morgan fingerprint density at radius 2 is 1.70 bits per heavy atom. The van der Waals surface area contributed by atoms with Gasteiger partial charge in [0.15, 0.2) is 0 Å². The van der Waals surface area contributed by atoms with Crippen molar-refractivity contribution in [3.8, 4) is 17.9 Å². The number of methoxy groups -OCH3 is 2. The fourth-order valence-corrected chi connectivity index (χ4v) is 1.59. The first kappa shape index (κ1) is 15.0. The lowest BCUT2D eigenvalue weighted by Crippen LogP contribution is -2.07. The van der Waals surface area contributed by atoms with Crippen LogP contribution in [0.4, 0.5) is 0 Å². The maximum Gasteiger partial charge on any atom is 0.337 e. The van der Waals surface area contributed by atoms with Gasteiger partial charge in [0.25, 0.3) is 0 Å². The Balaban J connectivity index is 3.44. The van der Waals surface area contributed by atoms with Gasteiger partial charge in [-0.3, -0.25) is 0 Å². The van der Waals surface area contributed by atoms with E-state index in [0.29, 0.717) is 11.3 Å². The van der Waals surface area contributed by atoms with Crippen molar-refractivity contribution in [2.45, 2.75) is 0 Å². The van der Waals surface area contributed by atoms with Crippen LogP contribution in [0, 0.1) is 22.7 Å². The van der Waals surface area contributed by atoms with Gasteiger partial charge in [0.05, 0.1) is 19.8 Å². The van der Waals surface area contributed by atoms with Gasteiger partial charge < -0.3 is 9.47 Å². The topological polar surface area (TPSA) is 83.1 Å². The summed E-state index contributed by atoms with van der Waals surface area (Å²) >= 11 is 0. The smallest absolute Gasteiger partial charge is 0.337 e. The molecule has 0 bridgehead atoms. The molecule has 1 rings (SSSR count). The molecule has 0 unspecified atom stereocenters. The number of ether oxygens (including phenoxy) is 2. The van der Waals surface area contributed by atoms with Crippen molar-refractivity contribution in [3.05, 3.63) is 47.6 Å². The maximum absolute atomic E-state index is 11.6. The molecule has 0 aliphatic heterocycles. The number of benzene rings is 1. The second kappa shape index (κ2) is 6.77. The summed E-state index contributed by atoms with van der Waals surface area (Å²) in [6.07, 6.45) is 0. The molecular formula is C15H12N2O3. The molecule has 0 saturated carbocycles. The van der Waals surface area contributed by atoms with Crippen molar-refractivity contribution < 1.29 is 14.3 Å². The Bertz CT molecular complexity index is 627. The van der Waals surface area contributed by atoms with Crippen LogP contribution in [0.3, 0.4) is 0 Å². The highest BCUT2D eigenvalue weighted by molar-refractivity contribution is 6.07. The molecule has 0 radical (unpaired) electrons. The number of nitrogens with zero attached hydrogens (tertiary/aromatic N) is 2.